The fraction of sp³-hybridized carbons (Fsp3) is 0.357. The minimum atomic E-state index is -1.90. The van der Waals surface area contributed by atoms with Crippen LogP contribution in [-0.2, 0) is 29.0 Å². The molecule has 2 atom stereocenters. The van der Waals surface area contributed by atoms with Gasteiger partial charge in [0.05, 0.1) is 7.11 Å². The van der Waals surface area contributed by atoms with Crippen LogP contribution in [0.15, 0.2) is 60.0 Å². The first-order valence-electron chi connectivity index (χ1n) is 12.2. The van der Waals surface area contributed by atoms with Crippen molar-refractivity contribution in [3.05, 3.63) is 87.4 Å². The second kappa shape index (κ2) is 13.9. The number of amides is 2. The highest BCUT2D eigenvalue weighted by atomic mass is 32.1. The topological polar surface area (TPSA) is 99.1 Å². The number of hydrogen-bond acceptors (Lipinski definition) is 6. The molecule has 37 heavy (non-hydrogen) atoms. The summed E-state index contributed by atoms with van der Waals surface area (Å²) in [7, 11) is 1.64. The van der Waals surface area contributed by atoms with Gasteiger partial charge in [0.1, 0.15) is 11.6 Å². The molecule has 1 aromatic heterocycles. The third-order valence-corrected chi connectivity index (χ3v) is 6.88. The zero-order valence-electron chi connectivity index (χ0n) is 21.0. The summed E-state index contributed by atoms with van der Waals surface area (Å²) in [6, 6.07) is 15.6. The van der Waals surface area contributed by atoms with E-state index in [2.05, 4.69) is 16.8 Å². The van der Waals surface area contributed by atoms with Crippen LogP contribution in [0.4, 0.5) is 4.39 Å². The van der Waals surface area contributed by atoms with Crippen LogP contribution < -0.4 is 10.1 Å². The molecule has 2 aromatic carbocycles. The van der Waals surface area contributed by atoms with E-state index in [-0.39, 0.29) is 18.9 Å². The highest BCUT2D eigenvalue weighted by Crippen LogP contribution is 2.21. The Labute approximate surface area is 220 Å². The van der Waals surface area contributed by atoms with Crippen LogP contribution in [0.25, 0.3) is 0 Å². The van der Waals surface area contributed by atoms with E-state index in [0.717, 1.165) is 28.2 Å². The van der Waals surface area contributed by atoms with E-state index in [4.69, 9.17) is 4.74 Å². The van der Waals surface area contributed by atoms with Crippen LogP contribution in [0.1, 0.15) is 34.9 Å². The van der Waals surface area contributed by atoms with Crippen LogP contribution in [-0.4, -0.2) is 59.3 Å². The number of methoxy groups -OCH3 is 1. The van der Waals surface area contributed by atoms with Crippen LogP contribution in [0.3, 0.4) is 0 Å². The van der Waals surface area contributed by atoms with Gasteiger partial charge in [-0.2, -0.15) is 0 Å². The van der Waals surface area contributed by atoms with Crippen molar-refractivity contribution >= 4 is 23.2 Å². The van der Waals surface area contributed by atoms with Crippen molar-refractivity contribution in [2.75, 3.05) is 20.2 Å². The van der Waals surface area contributed by atoms with Crippen molar-refractivity contribution in [2.45, 2.75) is 44.9 Å². The van der Waals surface area contributed by atoms with Gasteiger partial charge in [-0.3, -0.25) is 9.59 Å². The first kappa shape index (κ1) is 28.3. The summed E-state index contributed by atoms with van der Waals surface area (Å²) in [5.74, 6) is -1.15. The lowest BCUT2D eigenvalue weighted by Crippen LogP contribution is -2.51. The Morgan fingerprint density at radius 3 is 2.51 bits per heavy atom. The minimum absolute atomic E-state index is 0.134. The van der Waals surface area contributed by atoms with Crippen molar-refractivity contribution in [1.29, 1.82) is 0 Å². The molecule has 0 aliphatic heterocycles. The average Bonchev–Trinajstić information content (AvgIpc) is 3.35. The standard InChI is InChI=1S/C28H33FN2O5S/c1-3-13-31(17-19-7-9-22(29)10-8-19)28(35)26(33)25(32)27(34)30-12-11-24-16-21(18-37-24)14-20-5-4-6-23(15-20)36-2/h4-10,15-16,18,25-26,32-33H,3,11-14,17H2,1-2H3,(H,30,34). The number of thiophene rings is 1. The molecule has 3 aromatic rings. The molecule has 9 heteroatoms. The molecule has 0 radical (unpaired) electrons. The largest absolute Gasteiger partial charge is 0.497 e. The molecule has 3 N–H and O–H groups in total. The first-order valence-corrected chi connectivity index (χ1v) is 13.0. The van der Waals surface area contributed by atoms with Crippen molar-refractivity contribution in [3.8, 4) is 5.75 Å². The van der Waals surface area contributed by atoms with Crippen LogP contribution in [0.5, 0.6) is 5.75 Å². The fourth-order valence-electron chi connectivity index (χ4n) is 3.89. The molecule has 1 heterocycles. The highest BCUT2D eigenvalue weighted by molar-refractivity contribution is 7.10. The summed E-state index contributed by atoms with van der Waals surface area (Å²) < 4.78 is 18.4. The number of carbonyl (C=O) groups excluding carboxylic acids is 2. The second-order valence-electron chi connectivity index (χ2n) is 8.77. The van der Waals surface area contributed by atoms with E-state index in [1.54, 1.807) is 30.6 Å². The lowest BCUT2D eigenvalue weighted by molar-refractivity contribution is -0.153. The predicted octanol–water partition coefficient (Wildman–Crippen LogP) is 3.31. The molecule has 0 aliphatic rings. The highest BCUT2D eigenvalue weighted by Gasteiger charge is 2.33. The lowest BCUT2D eigenvalue weighted by atomic mass is 10.1. The summed E-state index contributed by atoms with van der Waals surface area (Å²) in [5, 5.41) is 25.4. The maximum atomic E-state index is 13.2. The van der Waals surface area contributed by atoms with Crippen LogP contribution >= 0.6 is 11.3 Å². The van der Waals surface area contributed by atoms with Gasteiger partial charge in [-0.15, -0.1) is 11.3 Å². The SMILES string of the molecule is CCCN(Cc1ccc(F)cc1)C(=O)C(O)C(O)C(=O)NCCc1cc(Cc2cccc(OC)c2)cs1. The molecule has 2 amide bonds. The number of benzene rings is 2. The second-order valence-corrected chi connectivity index (χ2v) is 9.76. The number of carbonyl (C=O) groups is 2. The quantitative estimate of drug-likeness (QED) is 0.316. The number of nitrogens with one attached hydrogen (secondary N) is 1. The minimum Gasteiger partial charge on any atom is -0.497 e. The van der Waals surface area contributed by atoms with Gasteiger partial charge in [-0.05, 0) is 71.7 Å². The van der Waals surface area contributed by atoms with E-state index >= 15 is 0 Å². The lowest BCUT2D eigenvalue weighted by Gasteiger charge is -2.26. The predicted molar refractivity (Wildman–Crippen MR) is 141 cm³/mol. The van der Waals surface area contributed by atoms with E-state index in [0.29, 0.717) is 24.9 Å². The van der Waals surface area contributed by atoms with Gasteiger partial charge in [0.15, 0.2) is 12.2 Å². The van der Waals surface area contributed by atoms with Crippen LogP contribution in [0, 0.1) is 5.82 Å². The molecule has 0 fully saturated rings. The van der Waals surface area contributed by atoms with Gasteiger partial charge >= 0.3 is 0 Å². The van der Waals surface area contributed by atoms with Crippen molar-refractivity contribution in [1.82, 2.24) is 10.2 Å². The number of nitrogens with zero attached hydrogens (tertiary/aromatic N) is 1. The Hall–Kier alpha value is -3.27. The summed E-state index contributed by atoms with van der Waals surface area (Å²) in [6.07, 6.45) is -1.87. The Balaban J connectivity index is 1.49. The van der Waals surface area contributed by atoms with Gasteiger partial charge in [-0.1, -0.05) is 31.2 Å². The Bertz CT molecular complexity index is 1170. The van der Waals surface area contributed by atoms with Gasteiger partial charge in [0, 0.05) is 24.5 Å². The number of halogens is 1. The smallest absolute Gasteiger partial charge is 0.254 e. The summed E-state index contributed by atoms with van der Waals surface area (Å²) >= 11 is 1.58. The van der Waals surface area contributed by atoms with Gasteiger partial charge in [-0.25, -0.2) is 4.39 Å². The van der Waals surface area contributed by atoms with Crippen LogP contribution in [0.2, 0.25) is 0 Å². The molecule has 2 unspecified atom stereocenters. The van der Waals surface area contributed by atoms with E-state index < -0.39 is 24.0 Å². The third kappa shape index (κ3) is 8.38. The normalized spacial score (nSPS) is 12.6. The van der Waals surface area contributed by atoms with E-state index in [1.807, 2.05) is 31.2 Å². The zero-order chi connectivity index (χ0) is 26.8. The molecule has 0 bridgehead atoms. The number of rotatable bonds is 13. The van der Waals surface area contributed by atoms with Crippen molar-refractivity contribution < 1.29 is 28.9 Å². The van der Waals surface area contributed by atoms with Gasteiger partial charge in [0.25, 0.3) is 11.8 Å². The zero-order valence-corrected chi connectivity index (χ0v) is 21.8. The van der Waals surface area contributed by atoms with Crippen molar-refractivity contribution in [3.63, 3.8) is 0 Å². The maximum absolute atomic E-state index is 13.2. The summed E-state index contributed by atoms with van der Waals surface area (Å²) in [6.45, 7) is 2.57. The Kier molecular flexibility index (Phi) is 10.6. The summed E-state index contributed by atoms with van der Waals surface area (Å²) in [4.78, 5) is 27.6. The first-order chi connectivity index (χ1) is 17.8. The number of aliphatic hydroxyl groups is 2. The summed E-state index contributed by atoms with van der Waals surface area (Å²) in [5.41, 5.74) is 2.96. The fourth-order valence-corrected chi connectivity index (χ4v) is 4.79. The van der Waals surface area contributed by atoms with Gasteiger partial charge < -0.3 is 25.2 Å². The molecule has 0 saturated carbocycles. The molecular weight excluding hydrogens is 495 g/mol. The van der Waals surface area contributed by atoms with E-state index in [9.17, 15) is 24.2 Å². The monoisotopic (exact) mass is 528 g/mol. The molecule has 0 aliphatic carbocycles. The van der Waals surface area contributed by atoms with E-state index in [1.165, 1.54) is 17.0 Å². The molecule has 3 rings (SSSR count). The number of ether oxygens (including phenoxy) is 1. The van der Waals surface area contributed by atoms with Crippen molar-refractivity contribution in [2.24, 2.45) is 0 Å². The molecule has 7 nitrogen and oxygen atoms in total. The third-order valence-electron chi connectivity index (χ3n) is 5.83. The molecule has 198 valence electrons. The molecular formula is C28H33FN2O5S. The maximum Gasteiger partial charge on any atom is 0.254 e. The number of aliphatic hydroxyl groups excluding tert-OH is 2. The molecule has 0 spiro atoms. The van der Waals surface area contributed by atoms with Gasteiger partial charge in [0.2, 0.25) is 0 Å². The Morgan fingerprint density at radius 1 is 1.05 bits per heavy atom. The number of hydrogen-bond donors (Lipinski definition) is 3. The molecule has 0 saturated heterocycles. The average molecular weight is 529 g/mol. The Morgan fingerprint density at radius 2 is 1.81 bits per heavy atom.